The van der Waals surface area contributed by atoms with Crippen LogP contribution in [0.3, 0.4) is 0 Å². The highest BCUT2D eigenvalue weighted by atomic mass is 16.6. The number of nitro benzene ring substituents is 1. The molecule has 0 spiro atoms. The van der Waals surface area contributed by atoms with E-state index in [0.29, 0.717) is 17.1 Å². The molecule has 1 N–H and O–H groups in total. The minimum Gasteiger partial charge on any atom is -0.467 e. The van der Waals surface area contributed by atoms with Gasteiger partial charge in [-0.25, -0.2) is 9.67 Å². The fraction of sp³-hybridized carbons (Fsp3) is 0.188. The summed E-state index contributed by atoms with van der Waals surface area (Å²) in [4.78, 5) is 26.5. The highest BCUT2D eigenvalue weighted by molar-refractivity contribution is 5.76. The molecule has 0 saturated heterocycles. The Morgan fingerprint density at radius 2 is 2.24 bits per heavy atom. The fourth-order valence-electron chi connectivity index (χ4n) is 2.30. The molecule has 1 amide bonds. The van der Waals surface area contributed by atoms with Crippen molar-refractivity contribution in [1.29, 1.82) is 0 Å². The van der Waals surface area contributed by atoms with Gasteiger partial charge in [-0.3, -0.25) is 14.9 Å². The zero-order valence-electron chi connectivity index (χ0n) is 13.3. The van der Waals surface area contributed by atoms with Crippen LogP contribution in [0.15, 0.2) is 53.4 Å². The van der Waals surface area contributed by atoms with Crippen LogP contribution in [0.4, 0.5) is 5.69 Å². The number of benzene rings is 1. The third-order valence-corrected chi connectivity index (χ3v) is 3.50. The Kier molecular flexibility index (Phi) is 4.55. The van der Waals surface area contributed by atoms with Gasteiger partial charge in [0.15, 0.2) is 5.82 Å². The number of nitrogens with zero attached hydrogens (tertiary/aromatic N) is 4. The lowest BCUT2D eigenvalue weighted by Gasteiger charge is -2.11. The smallest absolute Gasteiger partial charge is 0.270 e. The van der Waals surface area contributed by atoms with E-state index in [2.05, 4.69) is 15.4 Å². The first-order valence-corrected chi connectivity index (χ1v) is 7.50. The first-order chi connectivity index (χ1) is 12.0. The number of nitro groups is 1. The van der Waals surface area contributed by atoms with Crippen LogP contribution in [0.5, 0.6) is 0 Å². The highest BCUT2D eigenvalue weighted by Gasteiger charge is 2.14. The quantitative estimate of drug-likeness (QED) is 0.543. The summed E-state index contributed by atoms with van der Waals surface area (Å²) in [5, 5.41) is 17.8. The van der Waals surface area contributed by atoms with Crippen molar-refractivity contribution in [3.8, 4) is 11.4 Å². The maximum Gasteiger partial charge on any atom is 0.270 e. The van der Waals surface area contributed by atoms with Crippen LogP contribution < -0.4 is 5.32 Å². The van der Waals surface area contributed by atoms with Crippen LogP contribution in [0.2, 0.25) is 0 Å². The Balaban J connectivity index is 1.66. The van der Waals surface area contributed by atoms with Crippen LogP contribution in [0.1, 0.15) is 18.7 Å². The van der Waals surface area contributed by atoms with Gasteiger partial charge in [0.25, 0.3) is 5.69 Å². The lowest BCUT2D eigenvalue weighted by molar-refractivity contribution is -0.384. The van der Waals surface area contributed by atoms with Crippen molar-refractivity contribution < 1.29 is 14.1 Å². The first kappa shape index (κ1) is 16.4. The van der Waals surface area contributed by atoms with E-state index in [4.69, 9.17) is 4.42 Å². The van der Waals surface area contributed by atoms with Gasteiger partial charge in [-0.1, -0.05) is 12.1 Å². The fourth-order valence-corrected chi connectivity index (χ4v) is 2.30. The summed E-state index contributed by atoms with van der Waals surface area (Å²) in [6.45, 7) is 1.79. The monoisotopic (exact) mass is 341 g/mol. The zero-order valence-corrected chi connectivity index (χ0v) is 13.3. The van der Waals surface area contributed by atoms with Gasteiger partial charge in [0.2, 0.25) is 5.91 Å². The summed E-state index contributed by atoms with van der Waals surface area (Å²) >= 11 is 0. The molecule has 3 aromatic rings. The van der Waals surface area contributed by atoms with Crippen LogP contribution in [0.25, 0.3) is 11.4 Å². The second-order valence-corrected chi connectivity index (χ2v) is 5.38. The lowest BCUT2D eigenvalue weighted by atomic mass is 10.2. The molecule has 128 valence electrons. The van der Waals surface area contributed by atoms with Crippen LogP contribution in [-0.2, 0) is 11.3 Å². The summed E-state index contributed by atoms with van der Waals surface area (Å²) in [6.07, 6.45) is 2.95. The van der Waals surface area contributed by atoms with Crippen molar-refractivity contribution >= 4 is 11.6 Å². The van der Waals surface area contributed by atoms with Crippen LogP contribution in [-0.4, -0.2) is 25.6 Å². The number of furan rings is 1. The van der Waals surface area contributed by atoms with Crippen molar-refractivity contribution in [1.82, 2.24) is 20.1 Å². The van der Waals surface area contributed by atoms with Crippen molar-refractivity contribution in [2.24, 2.45) is 0 Å². The molecular formula is C16H15N5O4. The Morgan fingerprint density at radius 1 is 1.40 bits per heavy atom. The second kappa shape index (κ2) is 6.95. The van der Waals surface area contributed by atoms with E-state index in [0.717, 1.165) is 0 Å². The lowest BCUT2D eigenvalue weighted by Crippen LogP contribution is -2.30. The molecule has 0 aliphatic carbocycles. The molecule has 9 heteroatoms. The minimum absolute atomic E-state index is 0.0209. The van der Waals surface area contributed by atoms with Gasteiger partial charge in [0.05, 0.1) is 17.2 Å². The van der Waals surface area contributed by atoms with Gasteiger partial charge in [-0.05, 0) is 19.1 Å². The second-order valence-electron chi connectivity index (χ2n) is 5.38. The van der Waals surface area contributed by atoms with Gasteiger partial charge >= 0.3 is 0 Å². The average molecular weight is 341 g/mol. The number of non-ortho nitro benzene ring substituents is 1. The van der Waals surface area contributed by atoms with Gasteiger partial charge in [-0.15, -0.1) is 0 Å². The minimum atomic E-state index is -0.482. The summed E-state index contributed by atoms with van der Waals surface area (Å²) in [5.74, 6) is 0.721. The van der Waals surface area contributed by atoms with E-state index in [1.54, 1.807) is 30.5 Å². The molecule has 0 unspecified atom stereocenters. The number of amides is 1. The summed E-state index contributed by atoms with van der Waals surface area (Å²) < 4.78 is 6.61. The topological polar surface area (TPSA) is 116 Å². The molecule has 0 fully saturated rings. The number of hydrogen-bond donors (Lipinski definition) is 1. The zero-order chi connectivity index (χ0) is 17.8. The predicted molar refractivity (Wildman–Crippen MR) is 87.4 cm³/mol. The van der Waals surface area contributed by atoms with Gasteiger partial charge in [0.1, 0.15) is 18.6 Å². The van der Waals surface area contributed by atoms with Gasteiger partial charge in [-0.2, -0.15) is 5.10 Å². The molecule has 2 aromatic heterocycles. The number of nitrogens with one attached hydrogen (secondary N) is 1. The Labute approximate surface area is 142 Å². The van der Waals surface area contributed by atoms with E-state index in [1.165, 1.54) is 23.1 Å². The van der Waals surface area contributed by atoms with Gasteiger partial charge in [0, 0.05) is 17.7 Å². The van der Waals surface area contributed by atoms with E-state index in [-0.39, 0.29) is 24.2 Å². The molecule has 3 rings (SSSR count). The molecule has 0 aliphatic rings. The van der Waals surface area contributed by atoms with E-state index in [1.807, 2.05) is 6.92 Å². The third kappa shape index (κ3) is 3.89. The predicted octanol–water partition coefficient (Wildman–Crippen LogP) is 2.32. The molecule has 1 aromatic carbocycles. The Morgan fingerprint density at radius 3 is 2.96 bits per heavy atom. The number of hydrogen-bond acceptors (Lipinski definition) is 6. The summed E-state index contributed by atoms with van der Waals surface area (Å²) in [7, 11) is 0. The van der Waals surface area contributed by atoms with Crippen LogP contribution >= 0.6 is 0 Å². The van der Waals surface area contributed by atoms with Crippen molar-refractivity contribution in [3.63, 3.8) is 0 Å². The molecular weight excluding hydrogens is 326 g/mol. The van der Waals surface area contributed by atoms with Gasteiger partial charge < -0.3 is 9.73 Å². The first-order valence-electron chi connectivity index (χ1n) is 7.50. The van der Waals surface area contributed by atoms with E-state index >= 15 is 0 Å². The number of rotatable bonds is 6. The van der Waals surface area contributed by atoms with Crippen molar-refractivity contribution in [2.45, 2.75) is 19.5 Å². The van der Waals surface area contributed by atoms with E-state index < -0.39 is 4.92 Å². The molecule has 0 aliphatic heterocycles. The third-order valence-electron chi connectivity index (χ3n) is 3.50. The molecule has 1 atom stereocenters. The highest BCUT2D eigenvalue weighted by Crippen LogP contribution is 2.20. The molecule has 0 saturated carbocycles. The normalized spacial score (nSPS) is 11.9. The maximum absolute atomic E-state index is 12.1. The summed E-state index contributed by atoms with van der Waals surface area (Å²) in [6, 6.07) is 9.28. The van der Waals surface area contributed by atoms with E-state index in [9.17, 15) is 14.9 Å². The molecule has 2 heterocycles. The standard InChI is InChI=1S/C16H15N5O4/c1-11(14-6-3-7-25-14)18-15(22)9-20-10-17-16(19-20)12-4-2-5-13(8-12)21(23)24/h2-8,10-11H,9H2,1H3,(H,18,22)/t11-/m1/s1. The Hall–Kier alpha value is -3.49. The largest absolute Gasteiger partial charge is 0.467 e. The molecule has 0 radical (unpaired) electrons. The van der Waals surface area contributed by atoms with Crippen LogP contribution in [0, 0.1) is 10.1 Å². The number of carbonyl (C=O) groups is 1. The SMILES string of the molecule is C[C@@H](NC(=O)Cn1cnc(-c2cccc([N+](=O)[O-])c2)n1)c1ccco1. The molecule has 0 bridgehead atoms. The summed E-state index contributed by atoms with van der Waals surface area (Å²) in [5.41, 5.74) is 0.469. The van der Waals surface area contributed by atoms with Crippen molar-refractivity contribution in [3.05, 3.63) is 64.9 Å². The number of aromatic nitrogens is 3. The maximum atomic E-state index is 12.1. The number of carbonyl (C=O) groups excluding carboxylic acids is 1. The molecule has 9 nitrogen and oxygen atoms in total. The van der Waals surface area contributed by atoms with Crippen molar-refractivity contribution in [2.75, 3.05) is 0 Å². The average Bonchev–Trinajstić information content (AvgIpc) is 3.26. The molecule has 25 heavy (non-hydrogen) atoms. The Bertz CT molecular complexity index is 888.